The zero-order valence-corrected chi connectivity index (χ0v) is 12.8. The lowest BCUT2D eigenvalue weighted by Crippen LogP contribution is -2.08. The van der Waals surface area contributed by atoms with E-state index in [-0.39, 0.29) is 11.4 Å². The molecule has 1 aromatic carbocycles. The van der Waals surface area contributed by atoms with Crippen molar-refractivity contribution in [3.05, 3.63) is 57.5 Å². The molecular weight excluding hydrogens is 316 g/mol. The number of aromatic amines is 2. The topological polar surface area (TPSA) is 87.6 Å². The van der Waals surface area contributed by atoms with E-state index in [0.29, 0.717) is 21.9 Å². The van der Waals surface area contributed by atoms with Crippen LogP contribution in [0.3, 0.4) is 0 Å². The summed E-state index contributed by atoms with van der Waals surface area (Å²) in [5.74, 6) is 0.564. The number of rotatable bonds is 2. The molecule has 6 nitrogen and oxygen atoms in total. The molecule has 0 unspecified atom stereocenters. The maximum atomic E-state index is 12.2. The van der Waals surface area contributed by atoms with Crippen LogP contribution in [0.5, 0.6) is 0 Å². The van der Waals surface area contributed by atoms with Gasteiger partial charge in [0.15, 0.2) is 0 Å². The molecule has 0 amide bonds. The second-order valence-corrected chi connectivity index (χ2v) is 5.66. The highest BCUT2D eigenvalue weighted by atomic mass is 35.5. The number of fused-ring (bicyclic) bond motifs is 1. The second kappa shape index (κ2) is 5.10. The van der Waals surface area contributed by atoms with E-state index in [9.17, 15) is 4.79 Å². The second-order valence-electron chi connectivity index (χ2n) is 5.22. The zero-order chi connectivity index (χ0) is 16.0. The lowest BCUT2D eigenvalue weighted by molar-refractivity contribution is 0.431. The Kier molecular flexibility index (Phi) is 3.06. The SMILES string of the molecule is Cc1ccc(-c2noc(-c3cc4cc(Cl)ccc4[nH]c3=O)n2)[nH]1. The van der Waals surface area contributed by atoms with Crippen LogP contribution >= 0.6 is 11.6 Å². The molecule has 0 aliphatic carbocycles. The quantitative estimate of drug-likeness (QED) is 0.590. The molecule has 23 heavy (non-hydrogen) atoms. The number of hydrogen-bond donors (Lipinski definition) is 2. The molecule has 7 heteroatoms. The van der Waals surface area contributed by atoms with E-state index in [1.165, 1.54) is 0 Å². The first-order valence-corrected chi connectivity index (χ1v) is 7.30. The Morgan fingerprint density at radius 2 is 2.00 bits per heavy atom. The molecule has 3 heterocycles. The Bertz CT molecular complexity index is 1080. The first-order valence-electron chi connectivity index (χ1n) is 6.93. The monoisotopic (exact) mass is 326 g/mol. The minimum absolute atomic E-state index is 0.162. The van der Waals surface area contributed by atoms with Crippen LogP contribution in [-0.4, -0.2) is 20.1 Å². The van der Waals surface area contributed by atoms with Crippen LogP contribution < -0.4 is 5.56 Å². The number of halogens is 1. The first-order chi connectivity index (χ1) is 11.1. The Hall–Kier alpha value is -2.86. The van der Waals surface area contributed by atoms with Gasteiger partial charge in [-0.15, -0.1) is 0 Å². The Balaban J connectivity index is 1.84. The number of pyridine rings is 1. The van der Waals surface area contributed by atoms with Crippen molar-refractivity contribution < 1.29 is 4.52 Å². The van der Waals surface area contributed by atoms with Gasteiger partial charge in [0.05, 0.1) is 5.69 Å². The molecule has 114 valence electrons. The Labute approximate surface area is 135 Å². The van der Waals surface area contributed by atoms with Crippen LogP contribution in [0, 0.1) is 6.92 Å². The number of nitrogens with one attached hydrogen (secondary N) is 2. The number of nitrogens with zero attached hydrogens (tertiary/aromatic N) is 2. The summed E-state index contributed by atoms with van der Waals surface area (Å²) in [4.78, 5) is 22.4. The van der Waals surface area contributed by atoms with E-state index in [1.54, 1.807) is 24.3 Å². The molecule has 0 fully saturated rings. The average Bonchev–Trinajstić information content (AvgIpc) is 3.16. The van der Waals surface area contributed by atoms with Gasteiger partial charge in [-0.1, -0.05) is 16.8 Å². The highest BCUT2D eigenvalue weighted by molar-refractivity contribution is 6.31. The van der Waals surface area contributed by atoms with Crippen LogP contribution in [0.15, 0.2) is 45.7 Å². The van der Waals surface area contributed by atoms with Crippen molar-refractivity contribution in [3.63, 3.8) is 0 Å². The number of H-pyrrole nitrogens is 2. The number of benzene rings is 1. The van der Waals surface area contributed by atoms with Crippen molar-refractivity contribution in [1.82, 2.24) is 20.1 Å². The molecule has 0 aliphatic rings. The first kappa shape index (κ1) is 13.8. The molecular formula is C16H11ClN4O2. The van der Waals surface area contributed by atoms with E-state index >= 15 is 0 Å². The standard InChI is InChI=1S/C16H11ClN4O2/c1-8-2-4-13(18-8)14-20-16(23-21-14)11-7-9-6-10(17)3-5-12(9)19-15(11)22/h2-7,18H,1H3,(H,19,22). The summed E-state index contributed by atoms with van der Waals surface area (Å²) in [5.41, 5.74) is 2.43. The molecule has 0 atom stereocenters. The lowest BCUT2D eigenvalue weighted by atomic mass is 10.1. The van der Waals surface area contributed by atoms with Crippen LogP contribution in [0.1, 0.15) is 5.69 Å². The predicted molar refractivity (Wildman–Crippen MR) is 87.4 cm³/mol. The van der Waals surface area contributed by atoms with E-state index in [1.807, 2.05) is 19.1 Å². The fraction of sp³-hybridized carbons (Fsp3) is 0.0625. The molecule has 4 rings (SSSR count). The van der Waals surface area contributed by atoms with E-state index in [4.69, 9.17) is 16.1 Å². The van der Waals surface area contributed by atoms with E-state index < -0.39 is 0 Å². The third-order valence-corrected chi connectivity index (χ3v) is 3.77. The molecule has 3 aromatic heterocycles. The fourth-order valence-corrected chi connectivity index (χ4v) is 2.59. The minimum atomic E-state index is -0.294. The summed E-state index contributed by atoms with van der Waals surface area (Å²) in [6.45, 7) is 1.93. The molecule has 0 spiro atoms. The molecule has 0 bridgehead atoms. The molecule has 4 aromatic rings. The molecule has 0 radical (unpaired) electrons. The minimum Gasteiger partial charge on any atom is -0.356 e. The zero-order valence-electron chi connectivity index (χ0n) is 12.1. The van der Waals surface area contributed by atoms with Gasteiger partial charge in [0.1, 0.15) is 5.56 Å². The molecule has 0 saturated heterocycles. The van der Waals surface area contributed by atoms with Crippen molar-refractivity contribution in [2.24, 2.45) is 0 Å². The summed E-state index contributed by atoms with van der Waals surface area (Å²) in [6, 6.07) is 10.7. The van der Waals surface area contributed by atoms with Crippen LogP contribution in [0.25, 0.3) is 33.9 Å². The smallest absolute Gasteiger partial charge is 0.263 e. The van der Waals surface area contributed by atoms with Gasteiger partial charge in [-0.3, -0.25) is 4.79 Å². The predicted octanol–water partition coefficient (Wildman–Crippen LogP) is 3.54. The van der Waals surface area contributed by atoms with E-state index in [0.717, 1.165) is 16.8 Å². The fourth-order valence-electron chi connectivity index (χ4n) is 2.41. The van der Waals surface area contributed by atoms with Gasteiger partial charge in [0, 0.05) is 21.6 Å². The lowest BCUT2D eigenvalue weighted by Gasteiger charge is -2.00. The van der Waals surface area contributed by atoms with Crippen LogP contribution in [0.2, 0.25) is 5.02 Å². The summed E-state index contributed by atoms with van der Waals surface area (Å²) in [7, 11) is 0. The van der Waals surface area contributed by atoms with Gasteiger partial charge < -0.3 is 14.5 Å². The van der Waals surface area contributed by atoms with Crippen molar-refractivity contribution in [1.29, 1.82) is 0 Å². The Morgan fingerprint density at radius 1 is 1.13 bits per heavy atom. The molecule has 2 N–H and O–H groups in total. The Morgan fingerprint density at radius 3 is 2.78 bits per heavy atom. The summed E-state index contributed by atoms with van der Waals surface area (Å²) in [5, 5.41) is 5.30. The van der Waals surface area contributed by atoms with Crippen molar-refractivity contribution >= 4 is 22.5 Å². The molecule has 0 aliphatic heterocycles. The largest absolute Gasteiger partial charge is 0.356 e. The van der Waals surface area contributed by atoms with Gasteiger partial charge in [-0.05, 0) is 43.3 Å². The maximum Gasteiger partial charge on any atom is 0.263 e. The summed E-state index contributed by atoms with van der Waals surface area (Å²) >= 11 is 6.00. The van der Waals surface area contributed by atoms with Crippen molar-refractivity contribution in [3.8, 4) is 23.0 Å². The average molecular weight is 327 g/mol. The van der Waals surface area contributed by atoms with Gasteiger partial charge in [0.2, 0.25) is 5.82 Å². The highest BCUT2D eigenvalue weighted by Gasteiger charge is 2.15. The van der Waals surface area contributed by atoms with Crippen LogP contribution in [0.4, 0.5) is 0 Å². The number of hydrogen-bond acceptors (Lipinski definition) is 4. The summed E-state index contributed by atoms with van der Waals surface area (Å²) in [6.07, 6.45) is 0. The van der Waals surface area contributed by atoms with Crippen molar-refractivity contribution in [2.75, 3.05) is 0 Å². The third kappa shape index (κ3) is 2.43. The maximum absolute atomic E-state index is 12.2. The number of aromatic nitrogens is 4. The van der Waals surface area contributed by atoms with Gasteiger partial charge in [-0.25, -0.2) is 0 Å². The van der Waals surface area contributed by atoms with Gasteiger partial charge in [0.25, 0.3) is 11.4 Å². The van der Waals surface area contributed by atoms with Crippen molar-refractivity contribution in [2.45, 2.75) is 6.92 Å². The third-order valence-electron chi connectivity index (χ3n) is 3.54. The van der Waals surface area contributed by atoms with Crippen LogP contribution in [-0.2, 0) is 0 Å². The summed E-state index contributed by atoms with van der Waals surface area (Å²) < 4.78 is 5.24. The van der Waals surface area contributed by atoms with Gasteiger partial charge in [-0.2, -0.15) is 4.98 Å². The van der Waals surface area contributed by atoms with E-state index in [2.05, 4.69) is 20.1 Å². The van der Waals surface area contributed by atoms with Gasteiger partial charge >= 0.3 is 0 Å². The molecule has 0 saturated carbocycles. The number of aryl methyl sites for hydroxylation is 1. The normalized spacial score (nSPS) is 11.2. The highest BCUT2D eigenvalue weighted by Crippen LogP contribution is 2.23.